The fourth-order valence-corrected chi connectivity index (χ4v) is 5.87. The van der Waals surface area contributed by atoms with Crippen LogP contribution in [-0.4, -0.2) is 81.4 Å². The Hall–Kier alpha value is -1.99. The molecule has 2 aromatic heterocycles. The lowest BCUT2D eigenvalue weighted by Gasteiger charge is -2.32. The standard InChI is InChI=1S/C19H27N5O5S2/c1-22(2)31(26,27)24-7-5-14(6-8-24)17(25)21-19-20-16(15-4-3-11-29-15)18(30-19)23-9-12-28-13-10-23/h3-4,11,14H,5-10,12-13H2,1-2H3,(H,20,21,25). The highest BCUT2D eigenvalue weighted by molar-refractivity contribution is 7.86. The molecule has 2 aliphatic heterocycles. The SMILES string of the molecule is CN(C)S(=O)(=O)N1CCC(C(=O)Nc2nc(-c3ccco3)c(N3CCOCC3)s2)CC1. The van der Waals surface area contributed by atoms with E-state index in [2.05, 4.69) is 15.2 Å². The number of morpholine rings is 1. The second kappa shape index (κ2) is 9.25. The van der Waals surface area contributed by atoms with E-state index in [0.717, 1.165) is 18.1 Å². The Morgan fingerprint density at radius 2 is 1.94 bits per heavy atom. The van der Waals surface area contributed by atoms with Crippen LogP contribution in [0.4, 0.5) is 10.1 Å². The summed E-state index contributed by atoms with van der Waals surface area (Å²) in [5, 5.41) is 4.40. The summed E-state index contributed by atoms with van der Waals surface area (Å²) in [6, 6.07) is 3.66. The van der Waals surface area contributed by atoms with Crippen LogP contribution >= 0.6 is 11.3 Å². The largest absolute Gasteiger partial charge is 0.463 e. The Labute approximate surface area is 186 Å². The number of carbonyl (C=O) groups excluding carboxylic acids is 1. The van der Waals surface area contributed by atoms with Crippen molar-refractivity contribution in [3.63, 3.8) is 0 Å². The third-order valence-electron chi connectivity index (χ3n) is 5.50. The number of carbonyl (C=O) groups is 1. The minimum Gasteiger partial charge on any atom is -0.463 e. The van der Waals surface area contributed by atoms with Gasteiger partial charge in [0.15, 0.2) is 10.9 Å². The van der Waals surface area contributed by atoms with Crippen LogP contribution in [0, 0.1) is 5.92 Å². The number of nitrogens with one attached hydrogen (secondary N) is 1. The van der Waals surface area contributed by atoms with Crippen LogP contribution in [0.3, 0.4) is 0 Å². The predicted molar refractivity (Wildman–Crippen MR) is 118 cm³/mol. The molecule has 12 heteroatoms. The van der Waals surface area contributed by atoms with Gasteiger partial charge in [-0.1, -0.05) is 11.3 Å². The summed E-state index contributed by atoms with van der Waals surface area (Å²) in [5.41, 5.74) is 0.707. The summed E-state index contributed by atoms with van der Waals surface area (Å²) >= 11 is 1.42. The van der Waals surface area contributed by atoms with Gasteiger partial charge in [-0.2, -0.15) is 17.0 Å². The van der Waals surface area contributed by atoms with E-state index in [4.69, 9.17) is 9.15 Å². The first-order valence-corrected chi connectivity index (χ1v) is 12.4. The van der Waals surface area contributed by atoms with Crippen LogP contribution in [0.15, 0.2) is 22.8 Å². The van der Waals surface area contributed by atoms with Gasteiger partial charge in [0.2, 0.25) is 5.91 Å². The number of hydrogen-bond donors (Lipinski definition) is 1. The number of furan rings is 1. The maximum absolute atomic E-state index is 12.9. The minimum atomic E-state index is -3.45. The Morgan fingerprint density at radius 3 is 2.55 bits per heavy atom. The molecule has 0 unspecified atom stereocenters. The summed E-state index contributed by atoms with van der Waals surface area (Å²) in [6.07, 6.45) is 2.56. The first-order valence-electron chi connectivity index (χ1n) is 10.2. The van der Waals surface area contributed by atoms with Gasteiger partial charge in [0.05, 0.1) is 19.5 Å². The van der Waals surface area contributed by atoms with E-state index in [0.29, 0.717) is 55.7 Å². The number of nitrogens with zero attached hydrogens (tertiary/aromatic N) is 4. The van der Waals surface area contributed by atoms with Gasteiger partial charge in [-0.05, 0) is 25.0 Å². The van der Waals surface area contributed by atoms with E-state index >= 15 is 0 Å². The van der Waals surface area contributed by atoms with Gasteiger partial charge < -0.3 is 19.4 Å². The lowest BCUT2D eigenvalue weighted by molar-refractivity contribution is -0.120. The smallest absolute Gasteiger partial charge is 0.281 e. The highest BCUT2D eigenvalue weighted by Gasteiger charge is 2.33. The van der Waals surface area contributed by atoms with Gasteiger partial charge >= 0.3 is 0 Å². The molecule has 31 heavy (non-hydrogen) atoms. The molecule has 4 rings (SSSR count). The van der Waals surface area contributed by atoms with Crippen molar-refractivity contribution in [3.05, 3.63) is 18.4 Å². The van der Waals surface area contributed by atoms with Gasteiger partial charge in [-0.15, -0.1) is 0 Å². The molecule has 2 aliphatic rings. The molecule has 170 valence electrons. The van der Waals surface area contributed by atoms with Crippen molar-refractivity contribution in [2.24, 2.45) is 5.92 Å². The highest BCUT2D eigenvalue weighted by Crippen LogP contribution is 2.39. The van der Waals surface area contributed by atoms with Crippen LogP contribution in [-0.2, 0) is 19.7 Å². The van der Waals surface area contributed by atoms with Crippen molar-refractivity contribution in [1.82, 2.24) is 13.6 Å². The number of hydrogen-bond acceptors (Lipinski definition) is 8. The molecule has 2 saturated heterocycles. The molecule has 10 nitrogen and oxygen atoms in total. The molecular weight excluding hydrogens is 442 g/mol. The molecule has 2 aromatic rings. The molecule has 0 atom stereocenters. The van der Waals surface area contributed by atoms with E-state index < -0.39 is 10.2 Å². The Kier molecular flexibility index (Phi) is 6.63. The van der Waals surface area contributed by atoms with Crippen molar-refractivity contribution in [2.45, 2.75) is 12.8 Å². The van der Waals surface area contributed by atoms with Crippen LogP contribution < -0.4 is 10.2 Å². The number of thiazole rings is 1. The van der Waals surface area contributed by atoms with E-state index in [1.807, 2.05) is 12.1 Å². The zero-order valence-corrected chi connectivity index (χ0v) is 19.2. The van der Waals surface area contributed by atoms with Gasteiger partial charge in [0.1, 0.15) is 10.7 Å². The van der Waals surface area contributed by atoms with Crippen molar-refractivity contribution in [1.29, 1.82) is 0 Å². The zero-order valence-electron chi connectivity index (χ0n) is 17.6. The van der Waals surface area contributed by atoms with Gasteiger partial charge in [-0.3, -0.25) is 4.79 Å². The second-order valence-corrected chi connectivity index (χ2v) is 10.8. The van der Waals surface area contributed by atoms with Crippen molar-refractivity contribution in [3.8, 4) is 11.5 Å². The predicted octanol–water partition coefficient (Wildman–Crippen LogP) is 1.70. The fourth-order valence-electron chi connectivity index (χ4n) is 3.71. The van der Waals surface area contributed by atoms with Crippen LogP contribution in [0.2, 0.25) is 0 Å². The highest BCUT2D eigenvalue weighted by atomic mass is 32.2. The average molecular weight is 470 g/mol. The molecule has 2 fully saturated rings. The third-order valence-corrected chi connectivity index (χ3v) is 8.48. The first-order chi connectivity index (χ1) is 14.9. The number of rotatable bonds is 6. The van der Waals surface area contributed by atoms with Gasteiger partial charge in [0, 0.05) is 46.2 Å². The van der Waals surface area contributed by atoms with E-state index in [1.54, 1.807) is 6.26 Å². The summed E-state index contributed by atoms with van der Waals surface area (Å²) < 4.78 is 38.2. The second-order valence-electron chi connectivity index (χ2n) is 7.70. The maximum atomic E-state index is 12.9. The van der Waals surface area contributed by atoms with Crippen LogP contribution in [0.1, 0.15) is 12.8 Å². The van der Waals surface area contributed by atoms with Gasteiger partial charge in [-0.25, -0.2) is 4.98 Å². The lowest BCUT2D eigenvalue weighted by atomic mass is 9.97. The molecule has 4 heterocycles. The summed E-state index contributed by atoms with van der Waals surface area (Å²) in [4.78, 5) is 19.7. The number of ether oxygens (including phenoxy) is 1. The lowest BCUT2D eigenvalue weighted by Crippen LogP contribution is -2.46. The zero-order chi connectivity index (χ0) is 22.0. The number of amides is 1. The number of anilines is 2. The van der Waals surface area contributed by atoms with Crippen molar-refractivity contribution < 1.29 is 22.4 Å². The number of aromatic nitrogens is 1. The molecular formula is C19H27N5O5S2. The summed E-state index contributed by atoms with van der Waals surface area (Å²) in [6.45, 7) is 3.45. The molecule has 1 amide bonds. The van der Waals surface area contributed by atoms with E-state index in [-0.39, 0.29) is 11.8 Å². The topological polar surface area (TPSA) is 108 Å². The molecule has 1 N–H and O–H groups in total. The Morgan fingerprint density at radius 1 is 1.23 bits per heavy atom. The number of piperidine rings is 1. The summed E-state index contributed by atoms with van der Waals surface area (Å²) in [7, 11) is -0.423. The minimum absolute atomic E-state index is 0.129. The van der Waals surface area contributed by atoms with Crippen LogP contribution in [0.5, 0.6) is 0 Å². The van der Waals surface area contributed by atoms with Crippen molar-refractivity contribution >= 4 is 37.6 Å². The molecule has 0 aromatic carbocycles. The molecule has 0 aliphatic carbocycles. The first kappa shape index (κ1) is 22.2. The monoisotopic (exact) mass is 469 g/mol. The average Bonchev–Trinajstić information content (AvgIpc) is 3.44. The van der Waals surface area contributed by atoms with Crippen molar-refractivity contribution in [2.75, 3.05) is 63.7 Å². The van der Waals surface area contributed by atoms with E-state index in [9.17, 15) is 13.2 Å². The quantitative estimate of drug-likeness (QED) is 0.686. The van der Waals surface area contributed by atoms with Gasteiger partial charge in [0.25, 0.3) is 10.2 Å². The molecule has 0 saturated carbocycles. The Bertz CT molecular complexity index is 991. The third kappa shape index (κ3) is 4.77. The molecule has 0 radical (unpaired) electrons. The molecule has 0 bridgehead atoms. The van der Waals surface area contributed by atoms with E-state index in [1.165, 1.54) is 34.0 Å². The molecule has 0 spiro atoms. The normalized spacial score (nSPS) is 19.1. The Balaban J connectivity index is 1.45. The summed E-state index contributed by atoms with van der Waals surface area (Å²) in [5.74, 6) is 0.270. The maximum Gasteiger partial charge on any atom is 0.281 e. The fraction of sp³-hybridized carbons (Fsp3) is 0.579. The van der Waals surface area contributed by atoms with Crippen LogP contribution in [0.25, 0.3) is 11.5 Å².